The molecule has 0 amide bonds. The number of nitrogens with one attached hydrogen (secondary N) is 1. The number of imidazole rings is 1. The molecule has 0 saturated carbocycles. The van der Waals surface area contributed by atoms with E-state index in [4.69, 9.17) is 0 Å². The third kappa shape index (κ3) is 3.40. The van der Waals surface area contributed by atoms with Crippen molar-refractivity contribution < 1.29 is 27.9 Å². The second-order valence-electron chi connectivity index (χ2n) is 6.96. The molecule has 0 fully saturated rings. The van der Waals surface area contributed by atoms with Gasteiger partial charge in [0.15, 0.2) is 16.2 Å². The van der Waals surface area contributed by atoms with Gasteiger partial charge in [-0.25, -0.2) is 9.37 Å². The zero-order chi connectivity index (χ0) is 21.8. The van der Waals surface area contributed by atoms with Crippen LogP contribution in [0.5, 0.6) is 5.88 Å². The summed E-state index contributed by atoms with van der Waals surface area (Å²) < 4.78 is 45.8. The highest BCUT2D eigenvalue weighted by molar-refractivity contribution is 7.92. The van der Waals surface area contributed by atoms with Gasteiger partial charge < -0.3 is 15.1 Å². The molecule has 5 rings (SSSR count). The Labute approximate surface area is 181 Å². The van der Waals surface area contributed by atoms with Crippen molar-refractivity contribution in [2.75, 3.05) is 4.72 Å². The largest absolute Gasteiger partial charge is 0.870 e. The van der Waals surface area contributed by atoms with E-state index < -0.39 is 15.8 Å². The van der Waals surface area contributed by atoms with Crippen LogP contribution in [0.25, 0.3) is 22.1 Å². The number of benzene rings is 2. The number of rotatable bonds is 4. The smallest absolute Gasteiger partial charge is 0.359 e. The highest BCUT2D eigenvalue weighted by Crippen LogP contribution is 2.29. The van der Waals surface area contributed by atoms with Crippen LogP contribution in [0.3, 0.4) is 0 Å². The summed E-state index contributed by atoms with van der Waals surface area (Å²) in [7, 11) is -2.28. The summed E-state index contributed by atoms with van der Waals surface area (Å²) in [5, 5.41) is 15.7. The molecular formula is C20H17FN6O4S. The Morgan fingerprint density at radius 3 is 2.50 bits per heavy atom. The molecule has 0 atom stereocenters. The van der Waals surface area contributed by atoms with Crippen molar-refractivity contribution in [3.8, 4) is 11.6 Å². The molecule has 0 unspecified atom stereocenters. The second-order valence-corrected chi connectivity index (χ2v) is 8.59. The van der Waals surface area contributed by atoms with Crippen molar-refractivity contribution in [3.63, 3.8) is 0 Å². The molecule has 3 N–H and O–H groups in total. The maximum absolute atomic E-state index is 13.3. The predicted molar refractivity (Wildman–Crippen MR) is 112 cm³/mol. The van der Waals surface area contributed by atoms with Crippen LogP contribution in [0.4, 0.5) is 10.1 Å². The fourth-order valence-electron chi connectivity index (χ4n) is 3.35. The van der Waals surface area contributed by atoms with Crippen LogP contribution in [-0.4, -0.2) is 38.4 Å². The van der Waals surface area contributed by atoms with Crippen molar-refractivity contribution in [1.29, 1.82) is 0 Å². The summed E-state index contributed by atoms with van der Waals surface area (Å²) in [6.45, 7) is 0. The molecule has 0 radical (unpaired) electrons. The molecule has 10 nitrogen and oxygen atoms in total. The topological polar surface area (TPSA) is 136 Å². The number of pyridine rings is 1. The number of para-hydroxylation sites is 1. The lowest BCUT2D eigenvalue weighted by molar-refractivity contribution is -0.555. The van der Waals surface area contributed by atoms with Crippen LogP contribution in [0.2, 0.25) is 0 Å². The second kappa shape index (κ2) is 7.59. The first-order chi connectivity index (χ1) is 14.8. The number of hydrogen-bond donors (Lipinski definition) is 2. The zero-order valence-corrected chi connectivity index (χ0v) is 17.4. The van der Waals surface area contributed by atoms with Crippen molar-refractivity contribution in [2.45, 2.75) is 5.03 Å². The standard InChI is InChI=1S/C20H15FN6O3S.H2O/c1-25-11-19(22-12-25)31(29,30)23-16-10-18-20(28)26(14-8-6-13(21)7-9-14)24-27(18)17-5-3-2-4-15(16)17;/h2-12,24H,1H3;1H2. The first-order valence-corrected chi connectivity index (χ1v) is 10.6. The first-order valence-electron chi connectivity index (χ1n) is 9.16. The number of aromatic hydroxyl groups is 1. The molecule has 0 aliphatic rings. The van der Waals surface area contributed by atoms with Crippen LogP contribution in [-0.2, 0) is 17.1 Å². The molecular weight excluding hydrogens is 439 g/mol. The van der Waals surface area contributed by atoms with Crippen LogP contribution < -0.4 is 9.24 Å². The molecule has 0 bridgehead atoms. The van der Waals surface area contributed by atoms with Gasteiger partial charge in [0.05, 0.1) is 12.0 Å². The van der Waals surface area contributed by atoms with E-state index in [1.165, 1.54) is 56.6 Å². The number of sulfonamides is 1. The summed E-state index contributed by atoms with van der Waals surface area (Å²) in [6, 6.07) is 14.0. The molecule has 5 aromatic rings. The number of aromatic nitrogens is 5. The van der Waals surface area contributed by atoms with Crippen molar-refractivity contribution in [1.82, 2.24) is 19.4 Å². The Morgan fingerprint density at radius 1 is 1.09 bits per heavy atom. The Hall–Kier alpha value is -4.03. The SMILES string of the molecule is Cn1cnc(S(=O)(=O)Nc2cc3c(O)n(-c4ccc(F)cc4)n[n+]3c3ccccc23)c1.[OH-]. The van der Waals surface area contributed by atoms with E-state index in [9.17, 15) is 17.9 Å². The van der Waals surface area contributed by atoms with Gasteiger partial charge in [0, 0.05) is 24.7 Å². The summed E-state index contributed by atoms with van der Waals surface area (Å²) in [5.74, 6) is -0.639. The predicted octanol–water partition coefficient (Wildman–Crippen LogP) is 1.97. The highest BCUT2D eigenvalue weighted by atomic mass is 32.2. The Kier molecular flexibility index (Phi) is 5.03. The van der Waals surface area contributed by atoms with Crippen LogP contribution in [0, 0.1) is 5.82 Å². The highest BCUT2D eigenvalue weighted by Gasteiger charge is 2.26. The van der Waals surface area contributed by atoms with E-state index in [0.29, 0.717) is 16.6 Å². The number of hydrogen-bond acceptors (Lipinski definition) is 6. The minimum Gasteiger partial charge on any atom is -0.870 e. The van der Waals surface area contributed by atoms with Crippen molar-refractivity contribution in [2.24, 2.45) is 7.05 Å². The van der Waals surface area contributed by atoms with Gasteiger partial charge in [-0.2, -0.15) is 8.42 Å². The summed E-state index contributed by atoms with van der Waals surface area (Å²) >= 11 is 0. The zero-order valence-electron chi connectivity index (χ0n) is 16.6. The maximum atomic E-state index is 13.3. The van der Waals surface area contributed by atoms with E-state index in [0.717, 1.165) is 0 Å². The number of fused-ring (bicyclic) bond motifs is 3. The van der Waals surface area contributed by atoms with E-state index >= 15 is 0 Å². The monoisotopic (exact) mass is 456 g/mol. The van der Waals surface area contributed by atoms with Gasteiger partial charge in [0.1, 0.15) is 11.0 Å². The molecule has 2 aromatic carbocycles. The van der Waals surface area contributed by atoms with Gasteiger partial charge in [-0.05, 0) is 36.4 Å². The Bertz CT molecular complexity index is 1560. The average Bonchev–Trinajstić information content (AvgIpc) is 3.33. The van der Waals surface area contributed by atoms with Gasteiger partial charge in [-0.1, -0.05) is 21.3 Å². The van der Waals surface area contributed by atoms with E-state index in [-0.39, 0.29) is 27.6 Å². The molecule has 0 saturated heterocycles. The van der Waals surface area contributed by atoms with Gasteiger partial charge in [0.2, 0.25) is 5.52 Å². The van der Waals surface area contributed by atoms with Crippen LogP contribution >= 0.6 is 0 Å². The summed E-state index contributed by atoms with van der Waals surface area (Å²) in [6.07, 6.45) is 2.78. The maximum Gasteiger partial charge on any atom is 0.359 e. The number of nitrogens with zero attached hydrogens (tertiary/aromatic N) is 5. The first kappa shape index (κ1) is 21.2. The van der Waals surface area contributed by atoms with Crippen LogP contribution in [0.15, 0.2) is 72.1 Å². The van der Waals surface area contributed by atoms with E-state index in [1.54, 1.807) is 31.3 Å². The lowest BCUT2D eigenvalue weighted by Crippen LogP contribution is -2.26. The normalized spacial score (nSPS) is 11.6. The Balaban J connectivity index is 0.00000245. The molecule has 12 heteroatoms. The van der Waals surface area contributed by atoms with Crippen molar-refractivity contribution >= 4 is 32.1 Å². The van der Waals surface area contributed by atoms with Gasteiger partial charge >= 0.3 is 5.88 Å². The quantitative estimate of drug-likeness (QED) is 0.397. The third-order valence-electron chi connectivity index (χ3n) is 4.81. The fraction of sp³-hybridized carbons (Fsp3) is 0.0500. The lowest BCUT2D eigenvalue weighted by atomic mass is 10.2. The fourth-order valence-corrected chi connectivity index (χ4v) is 4.41. The third-order valence-corrected chi connectivity index (χ3v) is 6.06. The minimum atomic E-state index is -3.96. The molecule has 0 spiro atoms. The van der Waals surface area contributed by atoms with Crippen molar-refractivity contribution in [3.05, 3.63) is 72.9 Å². The average molecular weight is 456 g/mol. The summed E-state index contributed by atoms with van der Waals surface area (Å²) in [4.78, 5) is 3.91. The molecule has 0 aliphatic heterocycles. The molecule has 3 aromatic heterocycles. The minimum absolute atomic E-state index is 0. The Morgan fingerprint density at radius 2 is 1.81 bits per heavy atom. The van der Waals surface area contributed by atoms with E-state index in [1.807, 2.05) is 0 Å². The van der Waals surface area contributed by atoms with Gasteiger partial charge in [-0.15, -0.1) is 0 Å². The molecule has 164 valence electrons. The van der Waals surface area contributed by atoms with Gasteiger partial charge in [-0.3, -0.25) is 4.72 Å². The molecule has 0 aliphatic carbocycles. The van der Waals surface area contributed by atoms with E-state index in [2.05, 4.69) is 14.9 Å². The lowest BCUT2D eigenvalue weighted by Gasteiger charge is -2.08. The number of aryl methyl sites for hydroxylation is 1. The van der Waals surface area contributed by atoms with Gasteiger partial charge in [0.25, 0.3) is 10.0 Å². The molecule has 3 heterocycles. The number of halogens is 1. The molecule has 32 heavy (non-hydrogen) atoms. The van der Waals surface area contributed by atoms with Crippen LogP contribution in [0.1, 0.15) is 0 Å². The number of anilines is 1. The summed E-state index contributed by atoms with van der Waals surface area (Å²) in [5.41, 5.74) is 1.54.